The van der Waals surface area contributed by atoms with Crippen LogP contribution in [0.2, 0.25) is 0 Å². The molecule has 2 aromatic carbocycles. The summed E-state index contributed by atoms with van der Waals surface area (Å²) in [4.78, 5) is 3.57. The SMILES string of the molecule is Cl.c1ccc(-c2ccc(-c3cc4c([nH]3)CCNC4)cc2)cc1. The molecular formula is C19H19ClN2. The van der Waals surface area contributed by atoms with Gasteiger partial charge in [-0.2, -0.15) is 0 Å². The van der Waals surface area contributed by atoms with Crippen molar-refractivity contribution in [1.82, 2.24) is 10.3 Å². The van der Waals surface area contributed by atoms with Gasteiger partial charge < -0.3 is 10.3 Å². The van der Waals surface area contributed by atoms with Crippen LogP contribution in [0.25, 0.3) is 22.4 Å². The molecule has 4 rings (SSSR count). The maximum Gasteiger partial charge on any atom is 0.0459 e. The Morgan fingerprint density at radius 3 is 2.18 bits per heavy atom. The number of hydrogen-bond acceptors (Lipinski definition) is 1. The first kappa shape index (κ1) is 14.9. The molecule has 0 fully saturated rings. The highest BCUT2D eigenvalue weighted by molar-refractivity contribution is 5.85. The standard InChI is InChI=1S/C19H18N2.ClH/c1-2-4-14(5-3-1)15-6-8-16(9-7-15)19-12-17-13-20-11-10-18(17)21-19;/h1-9,12,20-21H,10-11,13H2;1H. The molecule has 112 valence electrons. The lowest BCUT2D eigenvalue weighted by molar-refractivity contribution is 0.638. The highest BCUT2D eigenvalue weighted by Gasteiger charge is 2.12. The highest BCUT2D eigenvalue weighted by atomic mass is 35.5. The van der Waals surface area contributed by atoms with Crippen LogP contribution in [-0.4, -0.2) is 11.5 Å². The average Bonchev–Trinajstić information content (AvgIpc) is 3.00. The maximum absolute atomic E-state index is 3.57. The molecule has 3 heteroatoms. The minimum absolute atomic E-state index is 0. The lowest BCUT2D eigenvalue weighted by Crippen LogP contribution is -2.22. The van der Waals surface area contributed by atoms with Crippen LogP contribution < -0.4 is 5.32 Å². The Kier molecular flexibility index (Phi) is 4.32. The molecule has 0 radical (unpaired) electrons. The van der Waals surface area contributed by atoms with Crippen molar-refractivity contribution in [1.29, 1.82) is 0 Å². The Morgan fingerprint density at radius 1 is 0.773 bits per heavy atom. The van der Waals surface area contributed by atoms with Gasteiger partial charge in [-0.25, -0.2) is 0 Å². The predicted octanol–water partition coefficient (Wildman–Crippen LogP) is 4.42. The van der Waals surface area contributed by atoms with Crippen molar-refractivity contribution in [3.8, 4) is 22.4 Å². The minimum Gasteiger partial charge on any atom is -0.358 e. The van der Waals surface area contributed by atoms with Crippen molar-refractivity contribution in [3.63, 3.8) is 0 Å². The van der Waals surface area contributed by atoms with Crippen molar-refractivity contribution in [2.45, 2.75) is 13.0 Å². The Balaban J connectivity index is 0.00000144. The van der Waals surface area contributed by atoms with Gasteiger partial charge in [-0.05, 0) is 28.3 Å². The first-order chi connectivity index (χ1) is 10.4. The molecule has 0 aliphatic carbocycles. The summed E-state index contributed by atoms with van der Waals surface area (Å²) in [6.45, 7) is 2.05. The molecule has 3 aromatic rings. The molecule has 2 heterocycles. The second kappa shape index (κ2) is 6.39. The summed E-state index contributed by atoms with van der Waals surface area (Å²) < 4.78 is 0. The van der Waals surface area contributed by atoms with E-state index in [1.54, 1.807) is 0 Å². The highest BCUT2D eigenvalue weighted by Crippen LogP contribution is 2.26. The van der Waals surface area contributed by atoms with E-state index >= 15 is 0 Å². The number of H-pyrrole nitrogens is 1. The first-order valence-electron chi connectivity index (χ1n) is 7.47. The molecule has 0 saturated carbocycles. The zero-order valence-corrected chi connectivity index (χ0v) is 13.1. The van der Waals surface area contributed by atoms with E-state index in [-0.39, 0.29) is 12.4 Å². The number of aromatic nitrogens is 1. The second-order valence-corrected chi connectivity index (χ2v) is 5.56. The van der Waals surface area contributed by atoms with E-state index in [9.17, 15) is 0 Å². The Hall–Kier alpha value is -2.03. The summed E-state index contributed by atoms with van der Waals surface area (Å²) in [5, 5.41) is 3.42. The van der Waals surface area contributed by atoms with E-state index in [1.807, 2.05) is 0 Å². The third-order valence-electron chi connectivity index (χ3n) is 4.16. The average molecular weight is 311 g/mol. The van der Waals surface area contributed by atoms with Gasteiger partial charge in [-0.15, -0.1) is 12.4 Å². The number of benzene rings is 2. The fraction of sp³-hybridized carbons (Fsp3) is 0.158. The normalized spacial score (nSPS) is 13.3. The summed E-state index contributed by atoms with van der Waals surface area (Å²) in [7, 11) is 0. The van der Waals surface area contributed by atoms with Crippen molar-refractivity contribution in [2.24, 2.45) is 0 Å². The number of fused-ring (bicyclic) bond motifs is 1. The van der Waals surface area contributed by atoms with Crippen LogP contribution in [0, 0.1) is 0 Å². The third-order valence-corrected chi connectivity index (χ3v) is 4.16. The van der Waals surface area contributed by atoms with Crippen LogP contribution in [0.5, 0.6) is 0 Å². The van der Waals surface area contributed by atoms with E-state index < -0.39 is 0 Å². The summed E-state index contributed by atoms with van der Waals surface area (Å²) in [5.74, 6) is 0. The van der Waals surface area contributed by atoms with Gasteiger partial charge in [0.25, 0.3) is 0 Å². The summed E-state index contributed by atoms with van der Waals surface area (Å²) in [5.41, 5.74) is 7.79. The van der Waals surface area contributed by atoms with Crippen LogP contribution in [0.15, 0.2) is 60.7 Å². The number of rotatable bonds is 2. The van der Waals surface area contributed by atoms with Crippen LogP contribution in [0.3, 0.4) is 0 Å². The summed E-state index contributed by atoms with van der Waals surface area (Å²) in [6.07, 6.45) is 1.09. The molecular weight excluding hydrogens is 292 g/mol. The number of hydrogen-bond donors (Lipinski definition) is 2. The maximum atomic E-state index is 3.57. The van der Waals surface area contributed by atoms with E-state index in [0.717, 1.165) is 19.5 Å². The molecule has 0 saturated heterocycles. The van der Waals surface area contributed by atoms with Crippen molar-refractivity contribution < 1.29 is 0 Å². The lowest BCUT2D eigenvalue weighted by Gasteiger charge is -2.11. The molecule has 22 heavy (non-hydrogen) atoms. The van der Waals surface area contributed by atoms with Crippen molar-refractivity contribution >= 4 is 12.4 Å². The second-order valence-electron chi connectivity index (χ2n) is 5.56. The van der Waals surface area contributed by atoms with Crippen LogP contribution in [0.4, 0.5) is 0 Å². The fourth-order valence-corrected chi connectivity index (χ4v) is 2.99. The van der Waals surface area contributed by atoms with Crippen LogP contribution in [0.1, 0.15) is 11.3 Å². The molecule has 2 nitrogen and oxygen atoms in total. The topological polar surface area (TPSA) is 27.8 Å². The quantitative estimate of drug-likeness (QED) is 0.720. The number of halogens is 1. The van der Waals surface area contributed by atoms with Gasteiger partial charge in [0.2, 0.25) is 0 Å². The molecule has 0 unspecified atom stereocenters. The Labute approximate surface area is 137 Å². The Bertz CT molecular complexity index is 721. The van der Waals surface area contributed by atoms with E-state index in [4.69, 9.17) is 0 Å². The molecule has 0 spiro atoms. The Morgan fingerprint density at radius 2 is 1.45 bits per heavy atom. The summed E-state index contributed by atoms with van der Waals surface area (Å²) in [6, 6.07) is 21.6. The first-order valence-corrected chi connectivity index (χ1v) is 7.47. The molecule has 0 atom stereocenters. The molecule has 1 aromatic heterocycles. The zero-order chi connectivity index (χ0) is 14.1. The number of aromatic amines is 1. The predicted molar refractivity (Wildman–Crippen MR) is 94.3 cm³/mol. The lowest BCUT2D eigenvalue weighted by atomic mass is 10.0. The molecule has 2 N–H and O–H groups in total. The van der Waals surface area contributed by atoms with Gasteiger partial charge in [0.05, 0.1) is 0 Å². The fourth-order valence-electron chi connectivity index (χ4n) is 2.99. The van der Waals surface area contributed by atoms with E-state index in [0.29, 0.717) is 0 Å². The monoisotopic (exact) mass is 310 g/mol. The van der Waals surface area contributed by atoms with Gasteiger partial charge >= 0.3 is 0 Å². The molecule has 1 aliphatic heterocycles. The van der Waals surface area contributed by atoms with Gasteiger partial charge in [-0.1, -0.05) is 54.6 Å². The van der Waals surface area contributed by atoms with E-state index in [1.165, 1.54) is 33.6 Å². The number of nitrogens with one attached hydrogen (secondary N) is 2. The van der Waals surface area contributed by atoms with Crippen molar-refractivity contribution in [3.05, 3.63) is 71.9 Å². The zero-order valence-electron chi connectivity index (χ0n) is 12.3. The molecule has 0 bridgehead atoms. The van der Waals surface area contributed by atoms with E-state index in [2.05, 4.69) is 71.0 Å². The van der Waals surface area contributed by atoms with Crippen LogP contribution in [-0.2, 0) is 13.0 Å². The van der Waals surface area contributed by atoms with Gasteiger partial charge in [-0.3, -0.25) is 0 Å². The van der Waals surface area contributed by atoms with Gasteiger partial charge in [0, 0.05) is 30.9 Å². The smallest absolute Gasteiger partial charge is 0.0459 e. The minimum atomic E-state index is 0. The molecule has 0 amide bonds. The molecule has 1 aliphatic rings. The van der Waals surface area contributed by atoms with Gasteiger partial charge in [0.1, 0.15) is 0 Å². The third kappa shape index (κ3) is 2.80. The largest absolute Gasteiger partial charge is 0.358 e. The van der Waals surface area contributed by atoms with Crippen molar-refractivity contribution in [2.75, 3.05) is 6.54 Å². The summed E-state index contributed by atoms with van der Waals surface area (Å²) >= 11 is 0. The van der Waals surface area contributed by atoms with Crippen LogP contribution >= 0.6 is 12.4 Å². The van der Waals surface area contributed by atoms with Gasteiger partial charge in [0.15, 0.2) is 0 Å².